The number of halogens is 2. The third-order valence-electron chi connectivity index (χ3n) is 6.83. The lowest BCUT2D eigenvalue weighted by Crippen LogP contribution is -2.37. The topological polar surface area (TPSA) is 131 Å². The van der Waals surface area contributed by atoms with Crippen LogP contribution in [0.3, 0.4) is 0 Å². The van der Waals surface area contributed by atoms with E-state index in [4.69, 9.17) is 9.47 Å². The van der Waals surface area contributed by atoms with Crippen LogP contribution in [0.4, 0.5) is 32.3 Å². The molecule has 216 valence electrons. The molecule has 0 saturated carbocycles. The van der Waals surface area contributed by atoms with Gasteiger partial charge in [0.05, 0.1) is 55.5 Å². The SMILES string of the molecule is FC(F)c1nc2ccccc2n1-c1nc(Nc2cnc(NCCCN3CCOCC3)nc2)nc(N2CCOCC2)n1. The average Bonchev–Trinajstić information content (AvgIpc) is 3.41. The van der Waals surface area contributed by atoms with Crippen LogP contribution in [0.5, 0.6) is 0 Å². The van der Waals surface area contributed by atoms with E-state index >= 15 is 0 Å². The molecule has 0 unspecified atom stereocenters. The van der Waals surface area contributed by atoms with Gasteiger partial charge in [0.25, 0.3) is 6.43 Å². The predicted octanol–water partition coefficient (Wildman–Crippen LogP) is 2.65. The van der Waals surface area contributed by atoms with E-state index < -0.39 is 12.2 Å². The van der Waals surface area contributed by atoms with Gasteiger partial charge in [-0.25, -0.2) is 23.7 Å². The van der Waals surface area contributed by atoms with Gasteiger partial charge >= 0.3 is 0 Å². The summed E-state index contributed by atoms with van der Waals surface area (Å²) in [4.78, 5) is 30.9. The van der Waals surface area contributed by atoms with E-state index in [1.165, 1.54) is 4.57 Å². The Labute approximate surface area is 235 Å². The minimum atomic E-state index is -2.83. The number of rotatable bonds is 10. The molecule has 0 amide bonds. The van der Waals surface area contributed by atoms with Crippen molar-refractivity contribution in [2.45, 2.75) is 12.8 Å². The van der Waals surface area contributed by atoms with Gasteiger partial charge in [0.2, 0.25) is 23.8 Å². The van der Waals surface area contributed by atoms with Crippen molar-refractivity contribution in [1.82, 2.24) is 39.4 Å². The molecule has 2 aliphatic heterocycles. The molecule has 0 bridgehead atoms. The number of aromatic nitrogens is 7. The lowest BCUT2D eigenvalue weighted by molar-refractivity contribution is 0.0378. The molecule has 2 saturated heterocycles. The van der Waals surface area contributed by atoms with E-state index in [1.807, 2.05) is 4.90 Å². The van der Waals surface area contributed by atoms with Gasteiger partial charge in [-0.1, -0.05) is 12.1 Å². The number of anilines is 4. The second kappa shape index (κ2) is 12.6. The van der Waals surface area contributed by atoms with Crippen LogP contribution < -0.4 is 15.5 Å². The first kappa shape index (κ1) is 27.1. The van der Waals surface area contributed by atoms with Crippen LogP contribution >= 0.6 is 0 Å². The van der Waals surface area contributed by atoms with Crippen LogP contribution in [0.15, 0.2) is 36.7 Å². The standard InChI is InChI=1S/C26H31F2N11O2/c27-21(28)22-33-19-4-1-2-5-20(19)39(22)26-35-24(34-25(36-26)38-10-14-41-15-11-38)32-18-16-30-23(31-17-18)29-6-3-7-37-8-12-40-13-9-37/h1-2,4-5,16-17,21H,3,6-15H2,(H,29,30,31)(H,32,34,35,36). The first-order valence-electron chi connectivity index (χ1n) is 13.6. The van der Waals surface area contributed by atoms with Gasteiger partial charge in [-0.3, -0.25) is 9.47 Å². The van der Waals surface area contributed by atoms with Gasteiger partial charge in [0, 0.05) is 32.7 Å². The molecule has 0 aliphatic carbocycles. The Balaban J connectivity index is 1.22. The van der Waals surface area contributed by atoms with E-state index in [0.717, 1.165) is 45.8 Å². The van der Waals surface area contributed by atoms with Crippen LogP contribution in [0, 0.1) is 0 Å². The van der Waals surface area contributed by atoms with Crippen LogP contribution in [0.2, 0.25) is 0 Å². The number of nitrogens with one attached hydrogen (secondary N) is 2. The Kier molecular flexibility index (Phi) is 8.34. The highest BCUT2D eigenvalue weighted by Crippen LogP contribution is 2.28. The summed E-state index contributed by atoms with van der Waals surface area (Å²) in [5, 5.41) is 6.35. The molecular formula is C26H31F2N11O2. The Morgan fingerprint density at radius 3 is 2.29 bits per heavy atom. The maximum Gasteiger partial charge on any atom is 0.296 e. The van der Waals surface area contributed by atoms with Crippen molar-refractivity contribution in [2.75, 3.05) is 81.2 Å². The molecule has 2 aliphatic rings. The van der Waals surface area contributed by atoms with Crippen molar-refractivity contribution in [1.29, 1.82) is 0 Å². The number of ether oxygens (including phenoxy) is 2. The monoisotopic (exact) mass is 567 g/mol. The fourth-order valence-electron chi connectivity index (χ4n) is 4.76. The van der Waals surface area contributed by atoms with Crippen molar-refractivity contribution in [3.05, 3.63) is 42.5 Å². The van der Waals surface area contributed by atoms with Crippen LogP contribution in [-0.4, -0.2) is 105 Å². The summed E-state index contributed by atoms with van der Waals surface area (Å²) in [5.74, 6) is 0.619. The van der Waals surface area contributed by atoms with Crippen molar-refractivity contribution in [3.8, 4) is 5.95 Å². The molecule has 15 heteroatoms. The molecule has 13 nitrogen and oxygen atoms in total. The summed E-state index contributed by atoms with van der Waals surface area (Å²) < 4.78 is 40.3. The van der Waals surface area contributed by atoms with Crippen LogP contribution in [0.1, 0.15) is 18.7 Å². The third-order valence-corrected chi connectivity index (χ3v) is 6.83. The van der Waals surface area contributed by atoms with Crippen molar-refractivity contribution < 1.29 is 18.3 Å². The maximum absolute atomic E-state index is 14.1. The third kappa shape index (κ3) is 6.47. The average molecular weight is 568 g/mol. The number of morpholine rings is 2. The molecule has 2 N–H and O–H groups in total. The zero-order chi connectivity index (χ0) is 28.0. The lowest BCUT2D eigenvalue weighted by Gasteiger charge is -2.27. The molecule has 0 atom stereocenters. The van der Waals surface area contributed by atoms with Gasteiger partial charge in [-0.2, -0.15) is 15.0 Å². The molecule has 4 aromatic rings. The van der Waals surface area contributed by atoms with Crippen molar-refractivity contribution >= 4 is 34.6 Å². The maximum atomic E-state index is 14.1. The second-order valence-electron chi connectivity index (χ2n) is 9.61. The molecule has 3 aromatic heterocycles. The van der Waals surface area contributed by atoms with Crippen molar-refractivity contribution in [2.24, 2.45) is 0 Å². The fourth-order valence-corrected chi connectivity index (χ4v) is 4.76. The van der Waals surface area contributed by atoms with Crippen molar-refractivity contribution in [3.63, 3.8) is 0 Å². The summed E-state index contributed by atoms with van der Waals surface area (Å²) in [7, 11) is 0. The van der Waals surface area contributed by atoms with E-state index in [9.17, 15) is 8.78 Å². The minimum absolute atomic E-state index is 0.0347. The highest BCUT2D eigenvalue weighted by atomic mass is 19.3. The van der Waals surface area contributed by atoms with Gasteiger partial charge < -0.3 is 25.0 Å². The van der Waals surface area contributed by atoms with Gasteiger partial charge in [0.1, 0.15) is 0 Å². The number of nitrogens with zero attached hydrogens (tertiary/aromatic N) is 9. The van der Waals surface area contributed by atoms with Crippen LogP contribution in [-0.2, 0) is 9.47 Å². The lowest BCUT2D eigenvalue weighted by atomic mass is 10.3. The normalized spacial score (nSPS) is 16.4. The number of para-hydroxylation sites is 2. The zero-order valence-corrected chi connectivity index (χ0v) is 22.4. The van der Waals surface area contributed by atoms with Gasteiger partial charge in [0.15, 0.2) is 5.82 Å². The molecule has 0 radical (unpaired) electrons. The summed E-state index contributed by atoms with van der Waals surface area (Å²) in [6.07, 6.45) is 1.37. The Bertz CT molecular complexity index is 1440. The van der Waals surface area contributed by atoms with E-state index in [0.29, 0.717) is 54.9 Å². The van der Waals surface area contributed by atoms with E-state index in [-0.39, 0.29) is 11.9 Å². The highest BCUT2D eigenvalue weighted by molar-refractivity contribution is 5.77. The number of benzene rings is 1. The number of fused-ring (bicyclic) bond motifs is 1. The number of hydrogen-bond acceptors (Lipinski definition) is 12. The molecule has 0 spiro atoms. The highest BCUT2D eigenvalue weighted by Gasteiger charge is 2.24. The molecule has 2 fully saturated rings. The van der Waals surface area contributed by atoms with E-state index in [2.05, 4.69) is 45.4 Å². The molecule has 6 rings (SSSR count). The number of hydrogen-bond donors (Lipinski definition) is 2. The molecular weight excluding hydrogens is 536 g/mol. The number of alkyl halides is 2. The molecule has 41 heavy (non-hydrogen) atoms. The minimum Gasteiger partial charge on any atom is -0.379 e. The van der Waals surface area contributed by atoms with Crippen LogP contribution in [0.25, 0.3) is 17.0 Å². The summed E-state index contributed by atoms with van der Waals surface area (Å²) in [5.41, 5.74) is 1.44. The van der Waals surface area contributed by atoms with Gasteiger partial charge in [-0.15, -0.1) is 0 Å². The molecule has 5 heterocycles. The largest absolute Gasteiger partial charge is 0.379 e. The first-order valence-corrected chi connectivity index (χ1v) is 13.6. The summed E-state index contributed by atoms with van der Waals surface area (Å²) in [6.45, 7) is 7.37. The molecule has 1 aromatic carbocycles. The number of imidazole rings is 1. The quantitative estimate of drug-likeness (QED) is 0.273. The smallest absolute Gasteiger partial charge is 0.296 e. The summed E-state index contributed by atoms with van der Waals surface area (Å²) in [6, 6.07) is 6.89. The second-order valence-corrected chi connectivity index (χ2v) is 9.61. The van der Waals surface area contributed by atoms with Gasteiger partial charge in [-0.05, 0) is 25.1 Å². The fraction of sp³-hybridized carbons (Fsp3) is 0.462. The first-order chi connectivity index (χ1) is 20.1. The predicted molar refractivity (Wildman–Crippen MR) is 148 cm³/mol. The zero-order valence-electron chi connectivity index (χ0n) is 22.4. The summed E-state index contributed by atoms with van der Waals surface area (Å²) >= 11 is 0. The Hall–Kier alpha value is -4.08. The van der Waals surface area contributed by atoms with E-state index in [1.54, 1.807) is 36.7 Å². The Morgan fingerprint density at radius 1 is 0.829 bits per heavy atom. The Morgan fingerprint density at radius 2 is 1.54 bits per heavy atom.